The third kappa shape index (κ3) is 5.21. The van der Waals surface area contributed by atoms with Crippen LogP contribution in [0.3, 0.4) is 0 Å². The van der Waals surface area contributed by atoms with Crippen LogP contribution in [0.15, 0.2) is 36.4 Å². The number of hydrogen-bond donors (Lipinski definition) is 4. The zero-order valence-corrected chi connectivity index (χ0v) is 10.5. The fraction of sp³-hybridized carbons (Fsp3) is 0.200. The second kappa shape index (κ2) is 7.16. The number of nitrogen functional groups attached to an aromatic ring is 2. The van der Waals surface area contributed by atoms with E-state index < -0.39 is 0 Å². The molecule has 4 nitrogen and oxygen atoms in total. The molecule has 0 heterocycles. The zero-order chi connectivity index (χ0) is 13.7. The van der Waals surface area contributed by atoms with Gasteiger partial charge in [0.05, 0.1) is 0 Å². The first-order chi connectivity index (χ1) is 8.40. The van der Waals surface area contributed by atoms with E-state index in [1.54, 1.807) is 36.4 Å². The maximum absolute atomic E-state index is 8.88. The predicted octanol–water partition coefficient (Wildman–Crippen LogP) is 3.20. The van der Waals surface area contributed by atoms with E-state index in [9.17, 15) is 0 Å². The molecule has 0 atom stereocenters. The van der Waals surface area contributed by atoms with Gasteiger partial charge < -0.3 is 21.7 Å². The maximum Gasteiger partial charge on any atom is 0.115 e. The van der Waals surface area contributed by atoms with Crippen LogP contribution in [0.25, 0.3) is 0 Å². The Kier molecular flexibility index (Phi) is 6.27. The Morgan fingerprint density at radius 1 is 0.737 bits per heavy atom. The van der Waals surface area contributed by atoms with Crippen LogP contribution in [0.2, 0.25) is 0 Å². The lowest BCUT2D eigenvalue weighted by Gasteiger charge is -1.97. The highest BCUT2D eigenvalue weighted by molar-refractivity contribution is 5.49. The molecule has 0 saturated heterocycles. The number of anilines is 2. The smallest absolute Gasteiger partial charge is 0.115 e. The number of aromatic hydroxyl groups is 2. The minimum absolute atomic E-state index is 0. The second-order valence-corrected chi connectivity index (χ2v) is 4.08. The molecule has 0 saturated carbocycles. The van der Waals surface area contributed by atoms with E-state index in [-0.39, 0.29) is 18.9 Å². The Labute approximate surface area is 114 Å². The lowest BCUT2D eigenvalue weighted by Crippen LogP contribution is -1.86. The summed E-state index contributed by atoms with van der Waals surface area (Å²) in [6, 6.07) is 9.78. The van der Waals surface area contributed by atoms with Crippen molar-refractivity contribution in [2.45, 2.75) is 21.3 Å². The Hall–Kier alpha value is -2.36. The SMILES string of the molecule is C.Cc1cc(O)ccc1N.Cc1cc(O)ccc1N. The van der Waals surface area contributed by atoms with Gasteiger partial charge in [-0.2, -0.15) is 0 Å². The molecule has 0 aliphatic rings. The van der Waals surface area contributed by atoms with Crippen LogP contribution >= 0.6 is 0 Å². The first-order valence-corrected chi connectivity index (χ1v) is 5.50. The van der Waals surface area contributed by atoms with Gasteiger partial charge in [-0.15, -0.1) is 0 Å². The van der Waals surface area contributed by atoms with Crippen molar-refractivity contribution in [1.29, 1.82) is 0 Å². The molecule has 0 spiro atoms. The van der Waals surface area contributed by atoms with E-state index in [1.807, 2.05) is 13.8 Å². The molecule has 0 fully saturated rings. The number of rotatable bonds is 0. The molecule has 4 heteroatoms. The minimum atomic E-state index is 0. The number of benzene rings is 2. The molecule has 0 aromatic heterocycles. The fourth-order valence-electron chi connectivity index (χ4n) is 1.32. The Balaban J connectivity index is 0.000000324. The molecule has 0 bridgehead atoms. The van der Waals surface area contributed by atoms with Gasteiger partial charge in [0.25, 0.3) is 0 Å². The van der Waals surface area contributed by atoms with Gasteiger partial charge >= 0.3 is 0 Å². The summed E-state index contributed by atoms with van der Waals surface area (Å²) in [4.78, 5) is 0. The van der Waals surface area contributed by atoms with Crippen LogP contribution in [0.1, 0.15) is 18.6 Å². The number of hydrogen-bond acceptors (Lipinski definition) is 4. The molecule has 19 heavy (non-hydrogen) atoms. The highest BCUT2D eigenvalue weighted by Crippen LogP contribution is 2.16. The van der Waals surface area contributed by atoms with Gasteiger partial charge in [0.1, 0.15) is 11.5 Å². The Morgan fingerprint density at radius 3 is 1.26 bits per heavy atom. The average Bonchev–Trinajstić information content (AvgIpc) is 2.30. The third-order valence-corrected chi connectivity index (χ3v) is 2.51. The van der Waals surface area contributed by atoms with Crippen molar-refractivity contribution in [3.63, 3.8) is 0 Å². The summed E-state index contributed by atoms with van der Waals surface area (Å²) >= 11 is 0. The normalized spacial score (nSPS) is 8.95. The molecule has 0 radical (unpaired) electrons. The summed E-state index contributed by atoms with van der Waals surface area (Å²) in [6.45, 7) is 3.71. The van der Waals surface area contributed by atoms with Gasteiger partial charge in [-0.1, -0.05) is 7.43 Å². The highest BCUT2D eigenvalue weighted by Gasteiger charge is 1.92. The van der Waals surface area contributed by atoms with Crippen molar-refractivity contribution in [3.05, 3.63) is 47.5 Å². The van der Waals surface area contributed by atoms with E-state index >= 15 is 0 Å². The van der Waals surface area contributed by atoms with Crippen molar-refractivity contribution in [3.8, 4) is 11.5 Å². The quantitative estimate of drug-likeness (QED) is 0.433. The second-order valence-electron chi connectivity index (χ2n) is 4.08. The zero-order valence-electron chi connectivity index (χ0n) is 10.5. The standard InChI is InChI=1S/2C7H9NO.CH4/c2*1-5-4-6(9)2-3-7(5)8;/h2*2-4,9H,8H2,1H3;1H4. The van der Waals surface area contributed by atoms with E-state index in [2.05, 4.69) is 0 Å². The van der Waals surface area contributed by atoms with Gasteiger partial charge in [0.15, 0.2) is 0 Å². The lowest BCUT2D eigenvalue weighted by molar-refractivity contribution is 0.474. The van der Waals surface area contributed by atoms with Gasteiger partial charge in [-0.3, -0.25) is 0 Å². The molecular weight excluding hydrogens is 240 g/mol. The van der Waals surface area contributed by atoms with E-state index in [0.29, 0.717) is 11.4 Å². The first kappa shape index (κ1) is 16.6. The van der Waals surface area contributed by atoms with Crippen molar-refractivity contribution < 1.29 is 10.2 Å². The van der Waals surface area contributed by atoms with Crippen molar-refractivity contribution >= 4 is 11.4 Å². The molecule has 0 unspecified atom stereocenters. The first-order valence-electron chi connectivity index (χ1n) is 5.50. The number of nitrogens with two attached hydrogens (primary N) is 2. The van der Waals surface area contributed by atoms with Crippen molar-refractivity contribution in [2.24, 2.45) is 0 Å². The van der Waals surface area contributed by atoms with Crippen molar-refractivity contribution in [2.75, 3.05) is 11.5 Å². The predicted molar refractivity (Wildman–Crippen MR) is 81.2 cm³/mol. The molecule has 0 aliphatic heterocycles. The summed E-state index contributed by atoms with van der Waals surface area (Å²) in [5.74, 6) is 0.531. The van der Waals surface area contributed by atoms with Crippen LogP contribution in [-0.4, -0.2) is 10.2 Å². The largest absolute Gasteiger partial charge is 0.508 e. The fourth-order valence-corrected chi connectivity index (χ4v) is 1.32. The number of aryl methyl sites for hydroxylation is 2. The van der Waals surface area contributed by atoms with E-state index in [0.717, 1.165) is 11.1 Å². The molecule has 0 amide bonds. The van der Waals surface area contributed by atoms with Crippen molar-refractivity contribution in [1.82, 2.24) is 0 Å². The van der Waals surface area contributed by atoms with Gasteiger partial charge in [-0.25, -0.2) is 0 Å². The average molecular weight is 262 g/mol. The van der Waals surface area contributed by atoms with Crippen LogP contribution in [-0.2, 0) is 0 Å². The monoisotopic (exact) mass is 262 g/mol. The summed E-state index contributed by atoms with van der Waals surface area (Å²) < 4.78 is 0. The van der Waals surface area contributed by atoms with Gasteiger partial charge in [0, 0.05) is 11.4 Å². The van der Waals surface area contributed by atoms with Crippen LogP contribution in [0.5, 0.6) is 11.5 Å². The van der Waals surface area contributed by atoms with E-state index in [1.165, 1.54) is 0 Å². The van der Waals surface area contributed by atoms with E-state index in [4.69, 9.17) is 21.7 Å². The lowest BCUT2D eigenvalue weighted by atomic mass is 10.2. The minimum Gasteiger partial charge on any atom is -0.508 e. The molecule has 2 aromatic rings. The highest BCUT2D eigenvalue weighted by atomic mass is 16.3. The number of phenolic OH excluding ortho intramolecular Hbond substituents is 2. The topological polar surface area (TPSA) is 92.5 Å². The maximum atomic E-state index is 8.88. The van der Waals surface area contributed by atoms with Gasteiger partial charge in [-0.05, 0) is 61.4 Å². The summed E-state index contributed by atoms with van der Waals surface area (Å²) in [6.07, 6.45) is 0. The summed E-state index contributed by atoms with van der Waals surface area (Å²) in [5, 5.41) is 17.8. The molecule has 2 aromatic carbocycles. The third-order valence-electron chi connectivity index (χ3n) is 2.51. The van der Waals surface area contributed by atoms with Gasteiger partial charge in [0.2, 0.25) is 0 Å². The molecule has 6 N–H and O–H groups in total. The summed E-state index contributed by atoms with van der Waals surface area (Å²) in [7, 11) is 0. The van der Waals surface area contributed by atoms with Crippen LogP contribution < -0.4 is 11.5 Å². The molecular formula is C15H22N2O2. The van der Waals surface area contributed by atoms with Crippen LogP contribution in [0.4, 0.5) is 11.4 Å². The Bertz CT molecular complexity index is 490. The Morgan fingerprint density at radius 2 is 1.05 bits per heavy atom. The van der Waals surface area contributed by atoms with Crippen LogP contribution in [0, 0.1) is 13.8 Å². The number of phenols is 2. The molecule has 0 aliphatic carbocycles. The summed E-state index contributed by atoms with van der Waals surface area (Å²) in [5.41, 5.74) is 14.2. The molecule has 104 valence electrons. The molecule has 2 rings (SSSR count).